The molecule has 0 bridgehead atoms. The van der Waals surface area contributed by atoms with Crippen LogP contribution in [-0.4, -0.2) is 122 Å². The topological polar surface area (TPSA) is 208 Å². The molecular weight excluding hydrogens is 1040 g/mol. The number of anilines is 3. The number of fused-ring (bicyclic) bond motifs is 3. The third-order valence-corrected chi connectivity index (χ3v) is 13.9. The molecule has 6 heterocycles. The van der Waals surface area contributed by atoms with Crippen molar-refractivity contribution in [3.63, 3.8) is 0 Å². The molecule has 0 saturated carbocycles. The fourth-order valence-electron chi connectivity index (χ4n) is 9.14. The Morgan fingerprint density at radius 3 is 1.24 bits per heavy atom. The number of piperidine rings is 3. The van der Waals surface area contributed by atoms with Crippen molar-refractivity contribution in [2.75, 3.05) is 78.8 Å². The second-order valence-electron chi connectivity index (χ2n) is 19.8. The van der Waals surface area contributed by atoms with E-state index in [1.165, 1.54) is 55.3 Å². The van der Waals surface area contributed by atoms with Gasteiger partial charge in [-0.05, 0) is 151 Å². The summed E-state index contributed by atoms with van der Waals surface area (Å²) in [5.74, 6) is 3.21. The number of esters is 1. The zero-order valence-corrected chi connectivity index (χ0v) is 45.7. The van der Waals surface area contributed by atoms with E-state index >= 15 is 0 Å². The number of aromatic nitrogens is 6. The lowest BCUT2D eigenvalue weighted by molar-refractivity contribution is -0.155. The van der Waals surface area contributed by atoms with Crippen LogP contribution in [-0.2, 0) is 28.4 Å². The number of nitrogens with two attached hydrogens (primary N) is 1. The number of hydrogen-bond acceptors (Lipinski definition) is 16. The number of benzene rings is 3. The smallest absolute Gasteiger partial charge is 0.306 e. The number of carbonyl (C=O) groups is 1. The largest absolute Gasteiger partial charge is 0.460 e. The van der Waals surface area contributed by atoms with E-state index in [0.29, 0.717) is 30.6 Å². The first-order chi connectivity index (χ1) is 34.5. The summed E-state index contributed by atoms with van der Waals surface area (Å²) in [7, 11) is -1.59. The van der Waals surface area contributed by atoms with Gasteiger partial charge in [-0.1, -0.05) is 0 Å². The van der Waals surface area contributed by atoms with E-state index in [4.69, 9.17) is 10.5 Å². The van der Waals surface area contributed by atoms with Crippen LogP contribution in [0.1, 0.15) is 78.6 Å². The molecule has 3 aliphatic heterocycles. The van der Waals surface area contributed by atoms with Gasteiger partial charge in [-0.25, -0.2) is 59.9 Å². The quantitative estimate of drug-likeness (QED) is 0.100. The highest BCUT2D eigenvalue weighted by Gasteiger charge is 2.26. The van der Waals surface area contributed by atoms with Gasteiger partial charge in [0.05, 0.1) is 28.6 Å². The SMILES string of the molecule is CC(C)(C)OC(=O)CCC1CCN(c2ncnc3ccc(F)cc23)CC1.CS(=O)(=O)CCC1CCN(c2ncnc3ccc(F)cc23)CC1.CS(=O)(=O)Cl.Cl.NCC1CCN(c2ncnc3ccc(F)cc23)CC1. The van der Waals surface area contributed by atoms with Crippen LogP contribution in [0.15, 0.2) is 73.6 Å². The van der Waals surface area contributed by atoms with Crippen LogP contribution in [0.25, 0.3) is 32.7 Å². The normalized spacial score (nSPS) is 16.1. The zero-order valence-electron chi connectivity index (χ0n) is 42.5. The molecule has 6 aromatic rings. The molecule has 23 heteroatoms. The van der Waals surface area contributed by atoms with Gasteiger partial charge in [-0.15, -0.1) is 12.4 Å². The molecule has 0 unspecified atom stereocenters. The molecule has 3 saturated heterocycles. The predicted octanol–water partition coefficient (Wildman–Crippen LogP) is 9.08. The fourth-order valence-corrected chi connectivity index (χ4v) is 9.91. The highest BCUT2D eigenvalue weighted by atomic mass is 35.7. The van der Waals surface area contributed by atoms with Crippen molar-refractivity contribution in [1.82, 2.24) is 29.9 Å². The van der Waals surface area contributed by atoms with E-state index in [-0.39, 0.29) is 41.6 Å². The third-order valence-electron chi connectivity index (χ3n) is 12.9. The predicted molar refractivity (Wildman–Crippen MR) is 290 cm³/mol. The first-order valence-corrected chi connectivity index (χ1v) is 29.2. The van der Waals surface area contributed by atoms with Crippen molar-refractivity contribution < 1.29 is 39.5 Å². The lowest BCUT2D eigenvalue weighted by Crippen LogP contribution is -2.36. The summed E-state index contributed by atoms with van der Waals surface area (Å²) < 4.78 is 87.3. The Balaban J connectivity index is 0.000000197. The van der Waals surface area contributed by atoms with E-state index in [0.717, 1.165) is 147 Å². The Kier molecular flexibility index (Phi) is 21.8. The average Bonchev–Trinajstić information content (AvgIpc) is 3.34. The van der Waals surface area contributed by atoms with Crippen LogP contribution in [0.3, 0.4) is 0 Å². The first kappa shape index (κ1) is 59.7. The van der Waals surface area contributed by atoms with Gasteiger partial charge >= 0.3 is 5.97 Å². The minimum absolute atomic E-state index is 0. The van der Waals surface area contributed by atoms with Gasteiger partial charge in [0, 0.05) is 78.8 Å². The van der Waals surface area contributed by atoms with Gasteiger partial charge in [0.2, 0.25) is 9.05 Å². The number of hydrogen-bond donors (Lipinski definition) is 1. The molecule has 9 rings (SSSR count). The number of ether oxygens (including phenoxy) is 1. The number of rotatable bonds is 10. The maximum Gasteiger partial charge on any atom is 0.306 e. The van der Waals surface area contributed by atoms with Crippen molar-refractivity contribution in [3.8, 4) is 0 Å². The molecular formula is C51H67Cl2F3N10O6S2. The Morgan fingerprint density at radius 1 is 0.608 bits per heavy atom. The zero-order chi connectivity index (χ0) is 52.9. The molecule has 3 aliphatic rings. The lowest BCUT2D eigenvalue weighted by Gasteiger charge is -2.33. The minimum atomic E-state index is -3.19. The maximum atomic E-state index is 13.6. The number of halogens is 5. The van der Waals surface area contributed by atoms with Crippen molar-refractivity contribution in [2.24, 2.45) is 23.5 Å². The highest BCUT2D eigenvalue weighted by Crippen LogP contribution is 2.32. The van der Waals surface area contributed by atoms with Gasteiger partial charge in [-0.2, -0.15) is 0 Å². The molecule has 3 aromatic carbocycles. The second-order valence-corrected chi connectivity index (χ2v) is 25.1. The summed E-state index contributed by atoms with van der Waals surface area (Å²) >= 11 is 0. The van der Waals surface area contributed by atoms with E-state index in [9.17, 15) is 34.8 Å². The minimum Gasteiger partial charge on any atom is -0.460 e. The van der Waals surface area contributed by atoms with E-state index in [1.54, 1.807) is 24.5 Å². The third kappa shape index (κ3) is 18.9. The van der Waals surface area contributed by atoms with Crippen molar-refractivity contribution >= 4 is 98.1 Å². The van der Waals surface area contributed by atoms with Crippen LogP contribution >= 0.6 is 23.1 Å². The van der Waals surface area contributed by atoms with Crippen molar-refractivity contribution in [1.29, 1.82) is 0 Å². The molecule has 0 atom stereocenters. The summed E-state index contributed by atoms with van der Waals surface area (Å²) in [6.07, 6.45) is 14.8. The Labute approximate surface area is 442 Å². The summed E-state index contributed by atoms with van der Waals surface area (Å²) in [4.78, 5) is 44.0. The Morgan fingerprint density at radius 2 is 0.932 bits per heavy atom. The molecule has 0 spiro atoms. The monoisotopic (exact) mass is 1110 g/mol. The van der Waals surface area contributed by atoms with Gasteiger partial charge in [0.15, 0.2) is 0 Å². The first-order valence-electron chi connectivity index (χ1n) is 24.5. The summed E-state index contributed by atoms with van der Waals surface area (Å²) in [6, 6.07) is 13.8. The van der Waals surface area contributed by atoms with Crippen LogP contribution < -0.4 is 20.4 Å². The molecule has 0 amide bonds. The number of nitrogens with zero attached hydrogens (tertiary/aromatic N) is 9. The van der Waals surface area contributed by atoms with Crippen LogP contribution in [0, 0.1) is 35.2 Å². The number of sulfone groups is 1. The standard InChI is InChI=1S/C20H26FN3O2.C16H20FN3O2S.C14H17FN4.CH3ClO2S.ClH/c1-20(2,3)26-18(25)7-4-14-8-10-24(11-9-14)19-16-12-15(21)5-6-17(16)22-13-23-19;1-23(21,22)9-6-12-4-7-20(8-5-12)16-14-10-13(17)2-3-15(14)18-11-19-16;15-11-1-2-13-12(7-11)14(18-9-17-13)19-5-3-10(8-16)4-6-19;1-5(2,3)4;/h5-6,12-14H,4,7-11H2,1-3H3;2-3,10-12H,4-9H2,1H3;1-2,7,9-10H,3-6,8,16H2;1H3;1H. The molecule has 74 heavy (non-hydrogen) atoms. The molecule has 3 aromatic heterocycles. The van der Waals surface area contributed by atoms with Gasteiger partial charge < -0.3 is 25.2 Å². The average molecular weight is 1110 g/mol. The lowest BCUT2D eigenvalue weighted by atomic mass is 9.92. The van der Waals surface area contributed by atoms with Gasteiger partial charge in [0.25, 0.3) is 0 Å². The maximum absolute atomic E-state index is 13.6. The van der Waals surface area contributed by atoms with Gasteiger partial charge in [0.1, 0.15) is 69.3 Å². The molecule has 2 N–H and O–H groups in total. The summed E-state index contributed by atoms with van der Waals surface area (Å²) in [5, 5.41) is 2.26. The Bertz CT molecular complexity index is 3020. The molecule has 0 aliphatic carbocycles. The van der Waals surface area contributed by atoms with E-state index < -0.39 is 24.5 Å². The van der Waals surface area contributed by atoms with Crippen LogP contribution in [0.2, 0.25) is 0 Å². The molecule has 3 fully saturated rings. The fraction of sp³-hybridized carbons (Fsp3) is 0.510. The van der Waals surface area contributed by atoms with Gasteiger partial charge in [-0.3, -0.25) is 4.79 Å². The van der Waals surface area contributed by atoms with E-state index in [2.05, 4.69) is 55.3 Å². The van der Waals surface area contributed by atoms with E-state index in [1.807, 2.05) is 20.8 Å². The van der Waals surface area contributed by atoms with Crippen LogP contribution in [0.4, 0.5) is 30.6 Å². The summed E-state index contributed by atoms with van der Waals surface area (Å²) in [5.41, 5.74) is 7.55. The second kappa shape index (κ2) is 27.0. The molecule has 0 radical (unpaired) electrons. The Hall–Kier alpha value is -5.22. The number of carbonyl (C=O) groups excluding carboxylic acids is 1. The highest BCUT2D eigenvalue weighted by molar-refractivity contribution is 8.13. The van der Waals surface area contributed by atoms with Crippen LogP contribution in [0.5, 0.6) is 0 Å². The van der Waals surface area contributed by atoms with Crippen molar-refractivity contribution in [2.45, 2.75) is 84.2 Å². The van der Waals surface area contributed by atoms with Crippen molar-refractivity contribution in [3.05, 3.63) is 91.0 Å². The molecule has 16 nitrogen and oxygen atoms in total. The summed E-state index contributed by atoms with van der Waals surface area (Å²) in [6.45, 7) is 11.5. The molecule has 404 valence electrons.